The highest BCUT2D eigenvalue weighted by molar-refractivity contribution is 5.72. The molecule has 1 saturated heterocycles. The molecule has 5 heteroatoms. The second kappa shape index (κ2) is 9.51. The van der Waals surface area contributed by atoms with Crippen LogP contribution < -0.4 is 15.4 Å². The lowest BCUT2D eigenvalue weighted by Gasteiger charge is -2.34. The van der Waals surface area contributed by atoms with Crippen LogP contribution in [0.4, 0.5) is 5.69 Å². The molecule has 0 amide bonds. The third kappa shape index (κ3) is 5.10. The number of ether oxygens (including phenoxy) is 1. The van der Waals surface area contributed by atoms with E-state index in [0.29, 0.717) is 29.9 Å². The van der Waals surface area contributed by atoms with Crippen molar-refractivity contribution in [2.24, 2.45) is 11.1 Å². The molecule has 0 bridgehead atoms. The lowest BCUT2D eigenvalue weighted by atomic mass is 9.92. The third-order valence-electron chi connectivity index (χ3n) is 7.33. The van der Waals surface area contributed by atoms with Crippen LogP contribution in [-0.4, -0.2) is 24.2 Å². The first kappa shape index (κ1) is 22.5. The zero-order chi connectivity index (χ0) is 23.5. The molecule has 176 valence electrons. The average molecular weight is 457 g/mol. The van der Waals surface area contributed by atoms with E-state index in [2.05, 4.69) is 47.4 Å². The van der Waals surface area contributed by atoms with Crippen molar-refractivity contribution in [2.75, 3.05) is 18.0 Å². The van der Waals surface area contributed by atoms with Crippen LogP contribution in [0.5, 0.6) is 5.75 Å². The van der Waals surface area contributed by atoms with E-state index < -0.39 is 5.97 Å². The monoisotopic (exact) mass is 456 g/mol. The Morgan fingerprint density at radius 2 is 1.68 bits per heavy atom. The molecule has 0 unspecified atom stereocenters. The van der Waals surface area contributed by atoms with Crippen LogP contribution in [0.3, 0.4) is 0 Å². The molecule has 0 radical (unpaired) electrons. The van der Waals surface area contributed by atoms with Crippen LogP contribution in [0, 0.1) is 5.41 Å². The van der Waals surface area contributed by atoms with E-state index in [1.165, 1.54) is 31.4 Å². The smallest absolute Gasteiger partial charge is 0.307 e. The first-order chi connectivity index (χ1) is 16.5. The Labute approximate surface area is 201 Å². The molecule has 3 aromatic rings. The van der Waals surface area contributed by atoms with Crippen molar-refractivity contribution in [1.82, 2.24) is 0 Å². The standard InChI is InChI=1S/C29H32N2O3/c30-19-21-4-3-6-23(14-21)25-15-22(20-34-27-7-2-1-5-24(27)18-28(32)33)16-26(17-25)31-12-10-29(8-9-29)11-13-31/h1-7,14-17H,8-13,18-20,30H2,(H,32,33). The van der Waals surface area contributed by atoms with Gasteiger partial charge in [-0.25, -0.2) is 0 Å². The number of hydrogen-bond donors (Lipinski definition) is 2. The van der Waals surface area contributed by atoms with E-state index in [4.69, 9.17) is 10.5 Å². The fraction of sp³-hybridized carbons (Fsp3) is 0.345. The zero-order valence-electron chi connectivity index (χ0n) is 19.5. The molecule has 5 rings (SSSR count). The molecular formula is C29H32N2O3. The van der Waals surface area contributed by atoms with Crippen molar-refractivity contribution in [1.29, 1.82) is 0 Å². The minimum atomic E-state index is -0.862. The number of para-hydroxylation sites is 1. The molecule has 3 aromatic carbocycles. The molecule has 34 heavy (non-hydrogen) atoms. The van der Waals surface area contributed by atoms with Gasteiger partial charge in [0.25, 0.3) is 0 Å². The molecule has 5 nitrogen and oxygen atoms in total. The van der Waals surface area contributed by atoms with Crippen LogP contribution in [0.25, 0.3) is 11.1 Å². The summed E-state index contributed by atoms with van der Waals surface area (Å²) in [6, 6.07) is 22.4. The van der Waals surface area contributed by atoms with Crippen molar-refractivity contribution in [3.63, 3.8) is 0 Å². The van der Waals surface area contributed by atoms with Gasteiger partial charge in [0.2, 0.25) is 0 Å². The highest BCUT2D eigenvalue weighted by Crippen LogP contribution is 2.54. The quantitative estimate of drug-likeness (QED) is 0.475. The molecule has 3 N–H and O–H groups in total. The Hall–Kier alpha value is -3.31. The van der Waals surface area contributed by atoms with Gasteiger partial charge in [-0.05, 0) is 83.7 Å². The van der Waals surface area contributed by atoms with E-state index in [9.17, 15) is 9.90 Å². The van der Waals surface area contributed by atoms with Crippen molar-refractivity contribution in [3.8, 4) is 16.9 Å². The first-order valence-electron chi connectivity index (χ1n) is 12.1. The molecule has 1 saturated carbocycles. The number of piperidine rings is 1. The number of carboxylic acids is 1. The average Bonchev–Trinajstić information content (AvgIpc) is 3.62. The van der Waals surface area contributed by atoms with Gasteiger partial charge >= 0.3 is 5.97 Å². The molecule has 1 heterocycles. The summed E-state index contributed by atoms with van der Waals surface area (Å²) < 4.78 is 6.14. The SMILES string of the molecule is NCc1cccc(-c2cc(COc3ccccc3CC(=O)O)cc(N3CCC4(CC3)CC4)c2)c1. The summed E-state index contributed by atoms with van der Waals surface area (Å²) in [5.74, 6) is -0.241. The minimum absolute atomic E-state index is 0.0527. The summed E-state index contributed by atoms with van der Waals surface area (Å²) in [7, 11) is 0. The number of carboxylic acid groups (broad SMARTS) is 1. The van der Waals surface area contributed by atoms with E-state index >= 15 is 0 Å². The fourth-order valence-corrected chi connectivity index (χ4v) is 5.02. The van der Waals surface area contributed by atoms with E-state index in [1.54, 1.807) is 0 Å². The van der Waals surface area contributed by atoms with Crippen molar-refractivity contribution >= 4 is 11.7 Å². The number of nitrogens with zero attached hydrogens (tertiary/aromatic N) is 1. The molecule has 1 aliphatic carbocycles. The van der Waals surface area contributed by atoms with Gasteiger partial charge in [0.1, 0.15) is 12.4 Å². The maximum Gasteiger partial charge on any atom is 0.307 e. The summed E-state index contributed by atoms with van der Waals surface area (Å²) in [4.78, 5) is 13.8. The molecular weight excluding hydrogens is 424 g/mol. The lowest BCUT2D eigenvalue weighted by molar-refractivity contribution is -0.136. The Balaban J connectivity index is 1.43. The number of hydrogen-bond acceptors (Lipinski definition) is 4. The number of aliphatic carboxylic acids is 1. The summed E-state index contributed by atoms with van der Waals surface area (Å²) >= 11 is 0. The van der Waals surface area contributed by atoms with Gasteiger partial charge in [-0.15, -0.1) is 0 Å². The normalized spacial score (nSPS) is 16.4. The molecule has 0 aromatic heterocycles. The highest BCUT2D eigenvalue weighted by atomic mass is 16.5. The number of benzene rings is 3. The summed E-state index contributed by atoms with van der Waals surface area (Å²) in [5.41, 5.74) is 12.9. The Morgan fingerprint density at radius 1 is 0.912 bits per heavy atom. The number of anilines is 1. The predicted molar refractivity (Wildman–Crippen MR) is 135 cm³/mol. The fourth-order valence-electron chi connectivity index (χ4n) is 5.02. The van der Waals surface area contributed by atoms with Crippen molar-refractivity contribution < 1.29 is 14.6 Å². The van der Waals surface area contributed by atoms with Gasteiger partial charge in [-0.1, -0.05) is 36.4 Å². The topological polar surface area (TPSA) is 75.8 Å². The number of carbonyl (C=O) groups is 1. The highest BCUT2D eigenvalue weighted by Gasteiger charge is 2.44. The van der Waals surface area contributed by atoms with Crippen LogP contribution >= 0.6 is 0 Å². The molecule has 0 atom stereocenters. The molecule has 1 spiro atoms. The van der Waals surface area contributed by atoms with E-state index in [0.717, 1.165) is 35.3 Å². The van der Waals surface area contributed by atoms with E-state index in [1.807, 2.05) is 24.3 Å². The van der Waals surface area contributed by atoms with E-state index in [-0.39, 0.29) is 6.42 Å². The maximum absolute atomic E-state index is 11.2. The van der Waals surface area contributed by atoms with Gasteiger partial charge in [-0.2, -0.15) is 0 Å². The van der Waals surface area contributed by atoms with Crippen LogP contribution in [-0.2, 0) is 24.4 Å². The van der Waals surface area contributed by atoms with Gasteiger partial charge in [-0.3, -0.25) is 4.79 Å². The largest absolute Gasteiger partial charge is 0.489 e. The maximum atomic E-state index is 11.2. The van der Waals surface area contributed by atoms with Crippen LogP contribution in [0.1, 0.15) is 42.4 Å². The summed E-state index contributed by atoms with van der Waals surface area (Å²) in [6.45, 7) is 3.08. The molecule has 1 aliphatic heterocycles. The van der Waals surface area contributed by atoms with Crippen molar-refractivity contribution in [2.45, 2.75) is 45.3 Å². The second-order valence-corrected chi connectivity index (χ2v) is 9.75. The van der Waals surface area contributed by atoms with Crippen LogP contribution in [0.2, 0.25) is 0 Å². The van der Waals surface area contributed by atoms with Crippen molar-refractivity contribution in [3.05, 3.63) is 83.4 Å². The molecule has 2 fully saturated rings. The Bertz CT molecular complexity index is 1180. The van der Waals surface area contributed by atoms with Crippen LogP contribution in [0.15, 0.2) is 66.7 Å². The third-order valence-corrected chi connectivity index (χ3v) is 7.33. The predicted octanol–water partition coefficient (Wildman–Crippen LogP) is 5.40. The van der Waals surface area contributed by atoms with Gasteiger partial charge < -0.3 is 20.5 Å². The summed E-state index contributed by atoms with van der Waals surface area (Å²) in [6.07, 6.45) is 5.27. The zero-order valence-corrected chi connectivity index (χ0v) is 19.5. The molecule has 2 aliphatic rings. The van der Waals surface area contributed by atoms with Gasteiger partial charge in [0.15, 0.2) is 0 Å². The Morgan fingerprint density at radius 3 is 2.41 bits per heavy atom. The van der Waals surface area contributed by atoms with Gasteiger partial charge in [0.05, 0.1) is 6.42 Å². The van der Waals surface area contributed by atoms with Gasteiger partial charge in [0, 0.05) is 30.9 Å². The lowest BCUT2D eigenvalue weighted by Crippen LogP contribution is -2.34. The Kier molecular flexibility index (Phi) is 6.29. The minimum Gasteiger partial charge on any atom is -0.489 e. The number of rotatable bonds is 8. The first-order valence-corrected chi connectivity index (χ1v) is 12.1. The summed E-state index contributed by atoms with van der Waals surface area (Å²) in [5, 5.41) is 9.23. The number of nitrogens with two attached hydrogens (primary N) is 1. The second-order valence-electron chi connectivity index (χ2n) is 9.75.